The average molecular weight is 372 g/mol. The summed E-state index contributed by atoms with van der Waals surface area (Å²) in [4.78, 5) is 20.9. The molecule has 5 nitrogen and oxygen atoms in total. The molecule has 0 spiro atoms. The Morgan fingerprint density at radius 3 is 2.58 bits per heavy atom. The lowest BCUT2D eigenvalue weighted by Gasteiger charge is -2.35. The summed E-state index contributed by atoms with van der Waals surface area (Å²) in [6.07, 6.45) is 2.03. The number of ether oxygens (including phenoxy) is 1. The van der Waals surface area contributed by atoms with Gasteiger partial charge in [-0.25, -0.2) is 0 Å². The summed E-state index contributed by atoms with van der Waals surface area (Å²) >= 11 is 11.9. The Morgan fingerprint density at radius 2 is 2.00 bits per heavy atom. The van der Waals surface area contributed by atoms with Crippen molar-refractivity contribution in [3.63, 3.8) is 0 Å². The van der Waals surface area contributed by atoms with Crippen molar-refractivity contribution in [1.29, 1.82) is 0 Å². The molecule has 132 valence electrons. The van der Waals surface area contributed by atoms with Crippen molar-refractivity contribution in [2.24, 2.45) is 4.99 Å². The first kappa shape index (κ1) is 19.0. The number of carbonyl (C=O) groups is 1. The van der Waals surface area contributed by atoms with E-state index in [1.165, 1.54) is 6.07 Å². The van der Waals surface area contributed by atoms with Crippen LogP contribution in [0.4, 0.5) is 0 Å². The quantitative estimate of drug-likeness (QED) is 0.601. The SMILES string of the molecule is CCOC(=NC(=O)c1ccc(Cl)c(Cl)c1)N(C)C1CCN(C)CC1. The molecule has 0 aliphatic carbocycles. The van der Waals surface area contributed by atoms with E-state index >= 15 is 0 Å². The first-order valence-electron chi connectivity index (χ1n) is 8.04. The maximum atomic E-state index is 12.4. The standard InChI is InChI=1S/C17H23Cl2N3O2/c1-4-24-17(22(3)13-7-9-21(2)10-8-13)20-16(23)12-5-6-14(18)15(19)11-12/h5-6,11,13H,4,7-10H2,1-3H3. The Bertz CT molecular complexity index is 614. The van der Waals surface area contributed by atoms with Gasteiger partial charge in [0.25, 0.3) is 11.9 Å². The van der Waals surface area contributed by atoms with Gasteiger partial charge in [-0.15, -0.1) is 0 Å². The lowest BCUT2D eigenvalue weighted by Crippen LogP contribution is -2.45. The van der Waals surface area contributed by atoms with Gasteiger partial charge in [-0.1, -0.05) is 23.2 Å². The second-order valence-corrected chi connectivity index (χ2v) is 6.72. The van der Waals surface area contributed by atoms with Crippen molar-refractivity contribution >= 4 is 35.1 Å². The van der Waals surface area contributed by atoms with E-state index in [0.717, 1.165) is 25.9 Å². The van der Waals surface area contributed by atoms with Crippen molar-refractivity contribution in [1.82, 2.24) is 9.80 Å². The number of piperidine rings is 1. The summed E-state index contributed by atoms with van der Waals surface area (Å²) < 4.78 is 5.61. The second-order valence-electron chi connectivity index (χ2n) is 5.91. The Morgan fingerprint density at radius 1 is 1.33 bits per heavy atom. The predicted molar refractivity (Wildman–Crippen MR) is 98.1 cm³/mol. The van der Waals surface area contributed by atoms with Gasteiger partial charge in [-0.2, -0.15) is 4.99 Å². The molecule has 2 rings (SSSR count). The number of amidine groups is 1. The fourth-order valence-corrected chi connectivity index (χ4v) is 2.96. The van der Waals surface area contributed by atoms with Crippen molar-refractivity contribution in [2.45, 2.75) is 25.8 Å². The summed E-state index contributed by atoms with van der Waals surface area (Å²) in [6.45, 7) is 4.37. The highest BCUT2D eigenvalue weighted by atomic mass is 35.5. The number of nitrogens with zero attached hydrogens (tertiary/aromatic N) is 3. The van der Waals surface area contributed by atoms with Crippen LogP contribution in [0.15, 0.2) is 23.2 Å². The van der Waals surface area contributed by atoms with Gasteiger partial charge >= 0.3 is 0 Å². The van der Waals surface area contributed by atoms with Gasteiger partial charge < -0.3 is 14.5 Å². The molecule has 0 unspecified atom stereocenters. The first-order valence-corrected chi connectivity index (χ1v) is 8.80. The van der Waals surface area contributed by atoms with E-state index in [1.807, 2.05) is 18.9 Å². The van der Waals surface area contributed by atoms with Crippen LogP contribution >= 0.6 is 23.2 Å². The zero-order valence-electron chi connectivity index (χ0n) is 14.3. The maximum absolute atomic E-state index is 12.4. The molecule has 7 heteroatoms. The molecule has 0 radical (unpaired) electrons. The van der Waals surface area contributed by atoms with Crippen molar-refractivity contribution in [2.75, 3.05) is 33.8 Å². The third-order valence-electron chi connectivity index (χ3n) is 4.17. The van der Waals surface area contributed by atoms with Crippen LogP contribution in [0.5, 0.6) is 0 Å². The zero-order chi connectivity index (χ0) is 17.7. The Balaban J connectivity index is 2.16. The highest BCUT2D eigenvalue weighted by Gasteiger charge is 2.24. The number of aliphatic imine (C=N–C) groups is 1. The van der Waals surface area contributed by atoms with Crippen LogP contribution in [0.1, 0.15) is 30.1 Å². The number of rotatable bonds is 3. The molecule has 0 aromatic heterocycles. The summed E-state index contributed by atoms with van der Waals surface area (Å²) in [5.41, 5.74) is 0.387. The molecule has 1 aliphatic heterocycles. The molecule has 0 saturated carbocycles. The first-order chi connectivity index (χ1) is 11.4. The molecule has 0 bridgehead atoms. The molecule has 1 fully saturated rings. The van der Waals surface area contributed by atoms with Gasteiger partial charge in [0, 0.05) is 18.7 Å². The third kappa shape index (κ3) is 4.85. The largest absolute Gasteiger partial charge is 0.465 e. The van der Waals surface area contributed by atoms with Gasteiger partial charge in [0.05, 0.1) is 16.7 Å². The number of amides is 1. The van der Waals surface area contributed by atoms with E-state index in [1.54, 1.807) is 12.1 Å². The summed E-state index contributed by atoms with van der Waals surface area (Å²) in [7, 11) is 4.04. The minimum Gasteiger partial charge on any atom is -0.465 e. The lowest BCUT2D eigenvalue weighted by molar-refractivity contribution is 0.0989. The van der Waals surface area contributed by atoms with Gasteiger partial charge in [0.15, 0.2) is 0 Å². The van der Waals surface area contributed by atoms with Crippen LogP contribution < -0.4 is 0 Å². The number of likely N-dealkylation sites (tertiary alicyclic amines) is 1. The number of carbonyl (C=O) groups excluding carboxylic acids is 1. The highest BCUT2D eigenvalue weighted by Crippen LogP contribution is 2.23. The lowest BCUT2D eigenvalue weighted by atomic mass is 10.0. The van der Waals surface area contributed by atoms with E-state index < -0.39 is 5.91 Å². The van der Waals surface area contributed by atoms with Crippen molar-refractivity contribution in [3.8, 4) is 0 Å². The summed E-state index contributed by atoms with van der Waals surface area (Å²) in [5.74, 6) is -0.392. The van der Waals surface area contributed by atoms with E-state index in [9.17, 15) is 4.79 Å². The molecule has 1 aromatic carbocycles. The van der Waals surface area contributed by atoms with Gasteiger partial charge in [-0.05, 0) is 58.1 Å². The molecule has 24 heavy (non-hydrogen) atoms. The molecule has 0 atom stereocenters. The smallest absolute Gasteiger partial charge is 0.295 e. The summed E-state index contributed by atoms with van der Waals surface area (Å²) in [6, 6.07) is 5.39. The molecule has 0 N–H and O–H groups in total. The van der Waals surface area contributed by atoms with Gasteiger partial charge in [0.2, 0.25) is 0 Å². The second kappa shape index (κ2) is 8.70. The topological polar surface area (TPSA) is 45.1 Å². The van der Waals surface area contributed by atoms with Crippen molar-refractivity contribution in [3.05, 3.63) is 33.8 Å². The zero-order valence-corrected chi connectivity index (χ0v) is 15.8. The fourth-order valence-electron chi connectivity index (χ4n) is 2.66. The Kier molecular flexibility index (Phi) is 6.90. The average Bonchev–Trinajstić information content (AvgIpc) is 2.57. The van der Waals surface area contributed by atoms with Crippen molar-refractivity contribution < 1.29 is 9.53 Å². The van der Waals surface area contributed by atoms with E-state index in [2.05, 4.69) is 16.9 Å². The monoisotopic (exact) mass is 371 g/mol. The summed E-state index contributed by atoms with van der Waals surface area (Å²) in [5, 5.41) is 0.741. The molecule has 1 heterocycles. The third-order valence-corrected chi connectivity index (χ3v) is 4.91. The number of hydrogen-bond acceptors (Lipinski definition) is 3. The van der Waals surface area contributed by atoms with Crippen LogP contribution in [-0.2, 0) is 4.74 Å². The highest BCUT2D eigenvalue weighted by molar-refractivity contribution is 6.42. The Labute approximate surface area is 153 Å². The van der Waals surface area contributed by atoms with E-state index in [-0.39, 0.29) is 0 Å². The molecule has 1 saturated heterocycles. The molecule has 1 aromatic rings. The van der Waals surface area contributed by atoms with Crippen LogP contribution in [0.3, 0.4) is 0 Å². The molecular formula is C17H23Cl2N3O2. The predicted octanol–water partition coefficient (Wildman–Crippen LogP) is 3.55. The van der Waals surface area contributed by atoms with Crippen LogP contribution in [-0.4, -0.2) is 61.6 Å². The normalized spacial score (nSPS) is 17.0. The number of benzene rings is 1. The number of hydrogen-bond donors (Lipinski definition) is 0. The number of halogens is 2. The van der Waals surface area contributed by atoms with Crippen LogP contribution in [0.25, 0.3) is 0 Å². The Hall–Kier alpha value is -1.30. The van der Waals surface area contributed by atoms with Crippen LogP contribution in [0, 0.1) is 0 Å². The van der Waals surface area contributed by atoms with E-state index in [0.29, 0.717) is 34.3 Å². The van der Waals surface area contributed by atoms with Gasteiger partial charge in [-0.3, -0.25) is 4.79 Å². The molecule has 1 aliphatic rings. The van der Waals surface area contributed by atoms with Crippen LogP contribution in [0.2, 0.25) is 10.0 Å². The molecule has 1 amide bonds. The fraction of sp³-hybridized carbons (Fsp3) is 0.529. The van der Waals surface area contributed by atoms with Gasteiger partial charge in [0.1, 0.15) is 0 Å². The van der Waals surface area contributed by atoms with E-state index in [4.69, 9.17) is 27.9 Å². The molecular weight excluding hydrogens is 349 g/mol. The maximum Gasteiger partial charge on any atom is 0.295 e. The minimum atomic E-state index is -0.392. The minimum absolute atomic E-state index is 0.313.